The van der Waals surface area contributed by atoms with Crippen molar-refractivity contribution in [1.82, 2.24) is 0 Å². The van der Waals surface area contributed by atoms with Crippen LogP contribution in [0.15, 0.2) is 77.4 Å². The number of fused-ring (bicyclic) bond motifs is 1. The number of carbonyl (C=O) groups excluding carboxylic acids is 1. The summed E-state index contributed by atoms with van der Waals surface area (Å²) in [5.41, 5.74) is 2.77. The Kier molecular flexibility index (Phi) is 4.05. The summed E-state index contributed by atoms with van der Waals surface area (Å²) in [5, 5.41) is 16.9. The topological polar surface area (TPSA) is 70.0 Å². The van der Waals surface area contributed by atoms with Gasteiger partial charge in [-0.05, 0) is 59.7 Å². The number of rotatable bonds is 3. The minimum Gasteiger partial charge on any atom is -0.478 e. The lowest BCUT2D eigenvalue weighted by Gasteiger charge is -2.11. The van der Waals surface area contributed by atoms with Crippen molar-refractivity contribution >= 4 is 40.1 Å². The zero-order chi connectivity index (χ0) is 19.0. The van der Waals surface area contributed by atoms with Crippen LogP contribution >= 0.6 is 0 Å². The van der Waals surface area contributed by atoms with Crippen LogP contribution in [0.25, 0.3) is 16.8 Å². The van der Waals surface area contributed by atoms with Crippen molar-refractivity contribution in [3.63, 3.8) is 0 Å². The Balaban J connectivity index is 1.66. The molecule has 1 aliphatic heterocycles. The summed E-state index contributed by atoms with van der Waals surface area (Å²) in [6, 6.07) is 20.2. The van der Waals surface area contributed by atoms with E-state index in [-0.39, 0.29) is 11.5 Å². The van der Waals surface area contributed by atoms with E-state index < -0.39 is 5.97 Å². The summed E-state index contributed by atoms with van der Waals surface area (Å²) < 4.78 is 0. The second kappa shape index (κ2) is 6.53. The molecule has 4 rings (SSSR count). The van der Waals surface area contributed by atoms with Crippen molar-refractivity contribution < 1.29 is 14.7 Å². The second-order valence-electron chi connectivity index (χ2n) is 6.32. The van der Waals surface area contributed by atoms with E-state index in [9.17, 15) is 9.59 Å². The first kappa shape index (κ1) is 16.7. The normalized spacial score (nSPS) is 15.4. The lowest BCUT2D eigenvalue weighted by Crippen LogP contribution is -2.21. The first-order chi connectivity index (χ1) is 13.0. The molecule has 1 amide bonds. The van der Waals surface area contributed by atoms with Crippen LogP contribution in [-0.2, 0) is 4.79 Å². The molecule has 132 valence electrons. The van der Waals surface area contributed by atoms with Crippen LogP contribution in [0, 0.1) is 0 Å². The van der Waals surface area contributed by atoms with E-state index in [1.165, 1.54) is 17.1 Å². The van der Waals surface area contributed by atoms with E-state index in [0.29, 0.717) is 17.0 Å². The zero-order valence-corrected chi connectivity index (χ0v) is 14.6. The third-order valence-corrected chi connectivity index (χ3v) is 4.51. The molecule has 5 heteroatoms. The summed E-state index contributed by atoms with van der Waals surface area (Å²) in [7, 11) is 0. The maximum atomic E-state index is 12.8. The van der Waals surface area contributed by atoms with E-state index in [1.54, 1.807) is 19.1 Å². The first-order valence-electron chi connectivity index (χ1n) is 8.47. The van der Waals surface area contributed by atoms with Crippen molar-refractivity contribution in [3.8, 4) is 0 Å². The number of hydrogen-bond acceptors (Lipinski definition) is 3. The van der Waals surface area contributed by atoms with Gasteiger partial charge in [0.25, 0.3) is 5.91 Å². The van der Waals surface area contributed by atoms with E-state index in [1.807, 2.05) is 48.5 Å². The number of amides is 1. The van der Waals surface area contributed by atoms with Crippen LogP contribution in [0.2, 0.25) is 0 Å². The molecular formula is C22H16N2O3. The molecule has 1 heterocycles. The Hall–Kier alpha value is -3.73. The molecule has 0 aromatic heterocycles. The monoisotopic (exact) mass is 356 g/mol. The van der Waals surface area contributed by atoms with E-state index in [4.69, 9.17) is 5.11 Å². The van der Waals surface area contributed by atoms with Gasteiger partial charge < -0.3 is 5.11 Å². The lowest BCUT2D eigenvalue weighted by atomic mass is 10.0. The molecule has 27 heavy (non-hydrogen) atoms. The van der Waals surface area contributed by atoms with E-state index >= 15 is 0 Å². The molecule has 0 radical (unpaired) electrons. The average Bonchev–Trinajstić information content (AvgIpc) is 2.96. The smallest absolute Gasteiger partial charge is 0.335 e. The lowest BCUT2D eigenvalue weighted by molar-refractivity contribution is -0.114. The molecule has 1 N–H and O–H groups in total. The van der Waals surface area contributed by atoms with Crippen LogP contribution in [-0.4, -0.2) is 22.7 Å². The number of carbonyl (C=O) groups is 2. The highest BCUT2D eigenvalue weighted by molar-refractivity contribution is 6.32. The van der Waals surface area contributed by atoms with E-state index in [2.05, 4.69) is 5.10 Å². The third-order valence-electron chi connectivity index (χ3n) is 4.51. The van der Waals surface area contributed by atoms with Gasteiger partial charge in [0.1, 0.15) is 0 Å². The summed E-state index contributed by atoms with van der Waals surface area (Å²) in [6.45, 7) is 1.79. The van der Waals surface area contributed by atoms with Gasteiger partial charge in [-0.25, -0.2) is 4.79 Å². The molecule has 1 aliphatic rings. The number of aromatic carboxylic acids is 1. The van der Waals surface area contributed by atoms with Crippen LogP contribution in [0.3, 0.4) is 0 Å². The summed E-state index contributed by atoms with van der Waals surface area (Å²) in [6.07, 6.45) is 1.83. The Bertz CT molecular complexity index is 1130. The third kappa shape index (κ3) is 3.11. The molecule has 0 bridgehead atoms. The Morgan fingerprint density at radius 2 is 1.70 bits per heavy atom. The number of benzene rings is 3. The van der Waals surface area contributed by atoms with Crippen molar-refractivity contribution in [1.29, 1.82) is 0 Å². The Morgan fingerprint density at radius 1 is 1.00 bits per heavy atom. The maximum absolute atomic E-state index is 12.8. The highest BCUT2D eigenvalue weighted by atomic mass is 16.4. The van der Waals surface area contributed by atoms with Gasteiger partial charge in [0.2, 0.25) is 0 Å². The van der Waals surface area contributed by atoms with Gasteiger partial charge in [-0.1, -0.05) is 36.4 Å². The van der Waals surface area contributed by atoms with Gasteiger partial charge in [-0.15, -0.1) is 0 Å². The maximum Gasteiger partial charge on any atom is 0.335 e. The molecule has 3 aromatic rings. The minimum absolute atomic E-state index is 0.165. The molecule has 0 saturated carbocycles. The molecule has 5 nitrogen and oxygen atoms in total. The summed E-state index contributed by atoms with van der Waals surface area (Å²) in [4.78, 5) is 23.8. The van der Waals surface area contributed by atoms with Crippen LogP contribution in [0.5, 0.6) is 0 Å². The molecule has 0 saturated heterocycles. The SMILES string of the molecule is CC1=NN(c2ccc(C(=O)O)cc2)C(=O)/C1=C\c1ccc2ccccc2c1. The van der Waals surface area contributed by atoms with Gasteiger partial charge in [0.05, 0.1) is 22.5 Å². The number of carboxylic acids is 1. The predicted molar refractivity (Wildman–Crippen MR) is 106 cm³/mol. The van der Waals surface area contributed by atoms with Gasteiger partial charge in [0, 0.05) is 0 Å². The molecular weight excluding hydrogens is 340 g/mol. The van der Waals surface area contributed by atoms with Crippen LogP contribution in [0.4, 0.5) is 5.69 Å². The fourth-order valence-corrected chi connectivity index (χ4v) is 3.07. The largest absolute Gasteiger partial charge is 0.478 e. The fourth-order valence-electron chi connectivity index (χ4n) is 3.07. The molecule has 0 spiro atoms. The number of anilines is 1. The molecule has 0 atom stereocenters. The molecule has 0 aliphatic carbocycles. The van der Waals surface area contributed by atoms with Gasteiger partial charge in [-0.3, -0.25) is 4.79 Å². The highest BCUT2D eigenvalue weighted by Gasteiger charge is 2.28. The summed E-state index contributed by atoms with van der Waals surface area (Å²) >= 11 is 0. The fraction of sp³-hybridized carbons (Fsp3) is 0.0455. The van der Waals surface area contributed by atoms with Crippen molar-refractivity contribution in [2.45, 2.75) is 6.92 Å². The molecule has 3 aromatic carbocycles. The predicted octanol–water partition coefficient (Wildman–Crippen LogP) is 4.34. The summed E-state index contributed by atoms with van der Waals surface area (Å²) in [5.74, 6) is -1.24. The van der Waals surface area contributed by atoms with Crippen molar-refractivity contribution in [2.24, 2.45) is 5.10 Å². The average molecular weight is 356 g/mol. The Morgan fingerprint density at radius 3 is 2.41 bits per heavy atom. The Labute approximate surface area is 155 Å². The standard InChI is InChI=1S/C22H16N2O3/c1-14-20(13-15-6-7-16-4-2-3-5-18(16)12-15)21(25)24(23-14)19-10-8-17(9-11-19)22(26)27/h2-13H,1H3,(H,26,27)/b20-13-. The molecule has 0 unspecified atom stereocenters. The second-order valence-corrected chi connectivity index (χ2v) is 6.32. The zero-order valence-electron chi connectivity index (χ0n) is 14.6. The van der Waals surface area contributed by atoms with Crippen LogP contribution in [0.1, 0.15) is 22.8 Å². The highest BCUT2D eigenvalue weighted by Crippen LogP contribution is 2.26. The minimum atomic E-state index is -1.01. The van der Waals surface area contributed by atoms with Gasteiger partial charge in [0.15, 0.2) is 0 Å². The number of hydrazone groups is 1. The van der Waals surface area contributed by atoms with Crippen LogP contribution < -0.4 is 5.01 Å². The first-order valence-corrected chi connectivity index (χ1v) is 8.47. The van der Waals surface area contributed by atoms with Gasteiger partial charge >= 0.3 is 5.97 Å². The molecule has 0 fully saturated rings. The van der Waals surface area contributed by atoms with Crippen molar-refractivity contribution in [3.05, 3.63) is 83.4 Å². The van der Waals surface area contributed by atoms with Crippen molar-refractivity contribution in [2.75, 3.05) is 5.01 Å². The quantitative estimate of drug-likeness (QED) is 0.710. The van der Waals surface area contributed by atoms with E-state index in [0.717, 1.165) is 16.3 Å². The number of hydrogen-bond donors (Lipinski definition) is 1. The van der Waals surface area contributed by atoms with Gasteiger partial charge in [-0.2, -0.15) is 10.1 Å². The number of carboxylic acid groups (broad SMARTS) is 1. The number of nitrogens with zero attached hydrogens (tertiary/aromatic N) is 2.